The molecule has 1 unspecified atom stereocenters. The lowest BCUT2D eigenvalue weighted by atomic mass is 9.84. The lowest BCUT2D eigenvalue weighted by Gasteiger charge is -2.22. The van der Waals surface area contributed by atoms with Crippen molar-refractivity contribution in [3.8, 4) is 11.5 Å². The zero-order valence-electron chi connectivity index (χ0n) is 29.3. The molecule has 0 radical (unpaired) electrons. The molecule has 6 nitrogen and oxygen atoms in total. The zero-order valence-corrected chi connectivity index (χ0v) is 29.3. The van der Waals surface area contributed by atoms with Crippen LogP contribution >= 0.6 is 0 Å². The van der Waals surface area contributed by atoms with Gasteiger partial charge in [-0.15, -0.1) is 0 Å². The number of aromatic hydroxyl groups is 1. The minimum absolute atomic E-state index is 0.00986. The number of phenolic OH excluding ortho intramolecular Hbond substituents is 1. The number of aryl methyl sites for hydroxylation is 3. The second-order valence-corrected chi connectivity index (χ2v) is 12.5. The number of aliphatic hydroxyl groups excluding tert-OH is 1. The summed E-state index contributed by atoms with van der Waals surface area (Å²) in [5.74, 6) is 1.65. The first-order valence-corrected chi connectivity index (χ1v) is 15.8. The summed E-state index contributed by atoms with van der Waals surface area (Å²) in [6.45, 7) is 21.4. The van der Waals surface area contributed by atoms with Crippen LogP contribution in [0, 0.1) is 36.9 Å². The fourth-order valence-corrected chi connectivity index (χ4v) is 3.98. The molecule has 3 aromatic carbocycles. The van der Waals surface area contributed by atoms with Crippen molar-refractivity contribution in [1.29, 1.82) is 0 Å². The van der Waals surface area contributed by atoms with Crippen LogP contribution in [0.15, 0.2) is 79.6 Å². The number of halogens is 1. The Labute approximate surface area is 276 Å². The van der Waals surface area contributed by atoms with Crippen LogP contribution in [-0.4, -0.2) is 47.5 Å². The predicted molar refractivity (Wildman–Crippen MR) is 188 cm³/mol. The summed E-state index contributed by atoms with van der Waals surface area (Å²) >= 11 is 0. The van der Waals surface area contributed by atoms with Gasteiger partial charge in [-0.05, 0) is 91.1 Å². The number of benzene rings is 3. The first-order valence-electron chi connectivity index (χ1n) is 15.8. The maximum absolute atomic E-state index is 12.7. The number of hydrogen-bond donors (Lipinski definition) is 2. The number of carbonyl (C=O) groups excluding carboxylic acids is 2. The molecule has 0 saturated carbocycles. The summed E-state index contributed by atoms with van der Waals surface area (Å²) in [5, 5.41) is 16.8. The number of Topliss-reactive ketones (excluding diaryl/α,β-unsaturated/α-hetero) is 1. The van der Waals surface area contributed by atoms with Crippen molar-refractivity contribution in [1.82, 2.24) is 4.90 Å². The highest BCUT2D eigenvalue weighted by atomic mass is 19.1. The minimum Gasteiger partial charge on any atom is -0.516 e. The van der Waals surface area contributed by atoms with E-state index in [0.29, 0.717) is 36.2 Å². The Morgan fingerprint density at radius 1 is 1.07 bits per heavy atom. The third kappa shape index (κ3) is 16.8. The van der Waals surface area contributed by atoms with Gasteiger partial charge in [-0.2, -0.15) is 0 Å². The molecule has 1 amide bonds. The first-order chi connectivity index (χ1) is 21.6. The van der Waals surface area contributed by atoms with Gasteiger partial charge >= 0.3 is 0 Å². The SMILES string of the molecule is C=CO.CC(C)C(C)(C)C.CCCc1cc(C)c(O)c(C)c1.COc1ccccc1.O=CN1CCC(C(=O)c2ccc(F)cc2)C1. The number of rotatable bonds is 6. The van der Waals surface area contributed by atoms with Gasteiger partial charge in [0.2, 0.25) is 6.41 Å². The van der Waals surface area contributed by atoms with Crippen LogP contribution in [0.3, 0.4) is 0 Å². The molecule has 0 aliphatic carbocycles. The molecule has 7 heteroatoms. The van der Waals surface area contributed by atoms with Crippen LogP contribution in [0.4, 0.5) is 4.39 Å². The van der Waals surface area contributed by atoms with Crippen LogP contribution in [0.1, 0.15) is 81.4 Å². The maximum atomic E-state index is 12.7. The summed E-state index contributed by atoms with van der Waals surface area (Å²) in [7, 11) is 1.66. The van der Waals surface area contributed by atoms with E-state index >= 15 is 0 Å². The molecule has 1 atom stereocenters. The molecule has 3 aromatic rings. The molecular formula is C39H56FNO5. The van der Waals surface area contributed by atoms with Crippen molar-refractivity contribution in [2.45, 2.75) is 74.7 Å². The summed E-state index contributed by atoms with van der Waals surface area (Å²) in [5.41, 5.74) is 4.31. The number of nitrogens with zero attached hydrogens (tertiary/aromatic N) is 1. The van der Waals surface area contributed by atoms with Gasteiger partial charge < -0.3 is 19.8 Å². The van der Waals surface area contributed by atoms with Crippen LogP contribution in [0.5, 0.6) is 11.5 Å². The predicted octanol–water partition coefficient (Wildman–Crippen LogP) is 9.52. The van der Waals surface area contributed by atoms with Crippen molar-refractivity contribution < 1.29 is 28.9 Å². The molecule has 1 saturated heterocycles. The van der Waals surface area contributed by atoms with Crippen molar-refractivity contribution in [2.24, 2.45) is 17.3 Å². The molecule has 2 N–H and O–H groups in total. The standard InChI is InChI=1S/C12H12FNO2.C11H16O.C7H8O.C7H16.C2H4O/c13-11-3-1-9(2-4-11)12(16)10-5-6-14(7-10)8-15;1-4-5-10-6-8(2)11(12)9(3)7-10;1-8-7-5-3-2-4-6-7;1-6(2)7(3,4)5;1-2-3/h1-4,8,10H,5-7H2;6-7,12H,4-5H2,1-3H3;2-6H,1H3;6H,1-5H3;2-3H,1H2. The fraction of sp³-hybridized carbons (Fsp3) is 0.436. The average Bonchev–Trinajstić information content (AvgIpc) is 3.51. The fourth-order valence-electron chi connectivity index (χ4n) is 3.98. The van der Waals surface area contributed by atoms with E-state index in [1.54, 1.807) is 12.0 Å². The number of phenols is 1. The highest BCUT2D eigenvalue weighted by molar-refractivity contribution is 5.98. The van der Waals surface area contributed by atoms with Crippen LogP contribution < -0.4 is 4.74 Å². The third-order valence-corrected chi connectivity index (χ3v) is 7.67. The monoisotopic (exact) mass is 637 g/mol. The number of para-hydroxylation sites is 1. The summed E-state index contributed by atoms with van der Waals surface area (Å²) in [6.07, 6.45) is 4.46. The maximum Gasteiger partial charge on any atom is 0.209 e. The second-order valence-electron chi connectivity index (χ2n) is 12.5. The van der Waals surface area contributed by atoms with Crippen molar-refractivity contribution in [3.63, 3.8) is 0 Å². The Bertz CT molecular complexity index is 1260. The topological polar surface area (TPSA) is 87.1 Å². The van der Waals surface area contributed by atoms with E-state index in [1.165, 1.54) is 29.8 Å². The number of carbonyl (C=O) groups is 2. The van der Waals surface area contributed by atoms with E-state index in [0.717, 1.165) is 48.3 Å². The van der Waals surface area contributed by atoms with Crippen LogP contribution in [-0.2, 0) is 11.2 Å². The van der Waals surface area contributed by atoms with E-state index in [1.807, 2.05) is 44.2 Å². The highest BCUT2D eigenvalue weighted by Crippen LogP contribution is 2.24. The Kier molecular flexibility index (Phi) is 20.4. The lowest BCUT2D eigenvalue weighted by molar-refractivity contribution is -0.117. The molecule has 0 spiro atoms. The van der Waals surface area contributed by atoms with Gasteiger partial charge in [0.1, 0.15) is 17.3 Å². The number of aliphatic hydroxyl groups is 1. The number of ketones is 1. The summed E-state index contributed by atoms with van der Waals surface area (Å²) < 4.78 is 17.6. The van der Waals surface area contributed by atoms with E-state index in [4.69, 9.17) is 9.84 Å². The molecule has 1 heterocycles. The molecule has 1 aliphatic heterocycles. The van der Waals surface area contributed by atoms with Crippen molar-refractivity contribution in [2.75, 3.05) is 20.2 Å². The van der Waals surface area contributed by atoms with E-state index in [9.17, 15) is 19.1 Å². The van der Waals surface area contributed by atoms with E-state index in [2.05, 4.69) is 60.3 Å². The molecule has 46 heavy (non-hydrogen) atoms. The van der Waals surface area contributed by atoms with Gasteiger partial charge in [-0.25, -0.2) is 4.39 Å². The van der Waals surface area contributed by atoms with E-state index in [-0.39, 0.29) is 17.5 Å². The van der Waals surface area contributed by atoms with Gasteiger partial charge in [0, 0.05) is 24.6 Å². The van der Waals surface area contributed by atoms with Gasteiger partial charge in [0.25, 0.3) is 0 Å². The van der Waals surface area contributed by atoms with E-state index < -0.39 is 0 Å². The summed E-state index contributed by atoms with van der Waals surface area (Å²) in [6, 6.07) is 19.3. The molecule has 1 aliphatic rings. The molecule has 0 bridgehead atoms. The normalized spacial score (nSPS) is 13.3. The Morgan fingerprint density at radius 3 is 1.93 bits per heavy atom. The minimum atomic E-state index is -0.350. The average molecular weight is 638 g/mol. The lowest BCUT2D eigenvalue weighted by Crippen LogP contribution is -2.21. The van der Waals surface area contributed by atoms with Crippen molar-refractivity contribution >= 4 is 12.2 Å². The summed E-state index contributed by atoms with van der Waals surface area (Å²) in [4.78, 5) is 24.1. The Morgan fingerprint density at radius 2 is 1.57 bits per heavy atom. The molecule has 254 valence electrons. The molecule has 1 fully saturated rings. The molecule has 4 rings (SSSR count). The largest absolute Gasteiger partial charge is 0.516 e. The van der Waals surface area contributed by atoms with Gasteiger partial charge in [-0.3, -0.25) is 9.59 Å². The third-order valence-electron chi connectivity index (χ3n) is 7.67. The molecule has 0 aromatic heterocycles. The number of hydrogen-bond acceptors (Lipinski definition) is 5. The van der Waals surface area contributed by atoms with Gasteiger partial charge in [0.15, 0.2) is 5.78 Å². The number of methoxy groups -OCH3 is 1. The quantitative estimate of drug-likeness (QED) is 0.160. The number of ether oxygens (including phenoxy) is 1. The zero-order chi connectivity index (χ0) is 35.3. The van der Waals surface area contributed by atoms with Crippen LogP contribution in [0.25, 0.3) is 0 Å². The number of likely N-dealkylation sites (tertiary alicyclic amines) is 1. The number of amides is 1. The Hall–Kier alpha value is -4.13. The highest BCUT2D eigenvalue weighted by Gasteiger charge is 2.28. The smallest absolute Gasteiger partial charge is 0.209 e. The molecular weight excluding hydrogens is 581 g/mol. The van der Waals surface area contributed by atoms with Gasteiger partial charge in [-0.1, -0.05) is 84.9 Å². The first kappa shape index (κ1) is 41.9. The van der Waals surface area contributed by atoms with Crippen molar-refractivity contribution in [3.05, 3.63) is 108 Å². The second kappa shape index (κ2) is 22.4. The van der Waals surface area contributed by atoms with Crippen LogP contribution in [0.2, 0.25) is 0 Å². The van der Waals surface area contributed by atoms with Gasteiger partial charge in [0.05, 0.1) is 13.4 Å². The Balaban J connectivity index is 0.000000599.